The summed E-state index contributed by atoms with van der Waals surface area (Å²) >= 11 is 6.11. The smallest absolute Gasteiger partial charge is 0.287 e. The number of nitrogens with one attached hydrogen (secondary N) is 1. The molecule has 0 radical (unpaired) electrons. The number of carbonyl (C=O) groups is 1. The first-order valence-corrected chi connectivity index (χ1v) is 9.50. The summed E-state index contributed by atoms with van der Waals surface area (Å²) in [6.45, 7) is 3.64. The highest BCUT2D eigenvalue weighted by Crippen LogP contribution is 2.31. The number of benzene rings is 1. The number of ether oxygens (including phenoxy) is 1. The zero-order valence-electron chi connectivity index (χ0n) is 13.7. The molecule has 1 aliphatic rings. The van der Waals surface area contributed by atoms with Crippen molar-refractivity contribution in [1.29, 1.82) is 0 Å². The first kappa shape index (κ1) is 17.9. The molecule has 1 atom stereocenters. The third kappa shape index (κ3) is 3.70. The van der Waals surface area contributed by atoms with Gasteiger partial charge in [0.25, 0.3) is 5.91 Å². The van der Waals surface area contributed by atoms with E-state index in [1.165, 1.54) is 0 Å². The van der Waals surface area contributed by atoms with E-state index in [1.54, 1.807) is 38.1 Å². The van der Waals surface area contributed by atoms with Gasteiger partial charge in [-0.05, 0) is 32.4 Å². The molecule has 25 heavy (non-hydrogen) atoms. The van der Waals surface area contributed by atoms with Crippen LogP contribution in [-0.2, 0) is 14.8 Å². The summed E-state index contributed by atoms with van der Waals surface area (Å²) in [6.07, 6.45) is 1.37. The SMILES string of the molecule is CC1(C)CC(S(=O)(=O)NC(=O)c2ncoc2-c2ccccc2Cl)CO1. The lowest BCUT2D eigenvalue weighted by Crippen LogP contribution is -2.39. The van der Waals surface area contributed by atoms with Gasteiger partial charge in [-0.2, -0.15) is 0 Å². The number of carbonyl (C=O) groups excluding carboxylic acids is 1. The van der Waals surface area contributed by atoms with Gasteiger partial charge in [-0.3, -0.25) is 4.79 Å². The minimum Gasteiger partial charge on any atom is -0.443 e. The molecule has 1 unspecified atom stereocenters. The summed E-state index contributed by atoms with van der Waals surface area (Å²) < 4.78 is 37.6. The third-order valence-corrected chi connectivity index (χ3v) is 5.93. The van der Waals surface area contributed by atoms with Crippen LogP contribution in [0.1, 0.15) is 30.8 Å². The maximum Gasteiger partial charge on any atom is 0.287 e. The van der Waals surface area contributed by atoms with Crippen LogP contribution < -0.4 is 4.72 Å². The van der Waals surface area contributed by atoms with E-state index < -0.39 is 26.8 Å². The molecule has 1 N–H and O–H groups in total. The largest absolute Gasteiger partial charge is 0.443 e. The van der Waals surface area contributed by atoms with Gasteiger partial charge in [0.1, 0.15) is 5.25 Å². The molecule has 1 aromatic carbocycles. The second-order valence-electron chi connectivity index (χ2n) is 6.38. The topological polar surface area (TPSA) is 98.5 Å². The maximum absolute atomic E-state index is 12.4. The molecule has 0 spiro atoms. The van der Waals surface area contributed by atoms with Crippen LogP contribution in [0.15, 0.2) is 35.1 Å². The molecular formula is C16H17ClN2O5S. The molecule has 1 aliphatic heterocycles. The van der Waals surface area contributed by atoms with Crippen LogP contribution in [0.4, 0.5) is 0 Å². The summed E-state index contributed by atoms with van der Waals surface area (Å²) in [5, 5.41) is -0.441. The quantitative estimate of drug-likeness (QED) is 0.869. The lowest BCUT2D eigenvalue weighted by atomic mass is 10.1. The number of rotatable bonds is 4. The Morgan fingerprint density at radius 2 is 2.08 bits per heavy atom. The average molecular weight is 385 g/mol. The predicted molar refractivity (Wildman–Crippen MR) is 91.8 cm³/mol. The number of amides is 1. The first-order valence-electron chi connectivity index (χ1n) is 7.58. The molecule has 7 nitrogen and oxygen atoms in total. The van der Waals surface area contributed by atoms with Crippen molar-refractivity contribution in [3.8, 4) is 11.3 Å². The van der Waals surface area contributed by atoms with Crippen molar-refractivity contribution in [1.82, 2.24) is 9.71 Å². The van der Waals surface area contributed by atoms with Gasteiger partial charge in [-0.15, -0.1) is 0 Å². The van der Waals surface area contributed by atoms with Crippen LogP contribution in [-0.4, -0.2) is 36.8 Å². The van der Waals surface area contributed by atoms with Crippen LogP contribution in [0.25, 0.3) is 11.3 Å². The fourth-order valence-electron chi connectivity index (χ4n) is 2.69. The van der Waals surface area contributed by atoms with Gasteiger partial charge in [-0.1, -0.05) is 23.7 Å². The van der Waals surface area contributed by atoms with Gasteiger partial charge in [0.15, 0.2) is 17.8 Å². The second-order valence-corrected chi connectivity index (χ2v) is 8.75. The van der Waals surface area contributed by atoms with E-state index in [4.69, 9.17) is 20.8 Å². The highest BCUT2D eigenvalue weighted by atomic mass is 35.5. The molecule has 1 saturated heterocycles. The Morgan fingerprint density at radius 3 is 2.72 bits per heavy atom. The molecule has 1 fully saturated rings. The summed E-state index contributed by atoms with van der Waals surface area (Å²) in [7, 11) is -3.90. The minimum absolute atomic E-state index is 0.0335. The van der Waals surface area contributed by atoms with Crippen molar-refractivity contribution in [2.24, 2.45) is 0 Å². The Hall–Kier alpha value is -1.90. The number of oxazole rings is 1. The van der Waals surface area contributed by atoms with E-state index in [0.717, 1.165) is 6.39 Å². The molecule has 0 saturated carbocycles. The fourth-order valence-corrected chi connectivity index (χ4v) is 4.30. The molecule has 0 aliphatic carbocycles. The molecule has 2 heterocycles. The standard InChI is InChI=1S/C16H17ClN2O5S/c1-16(2)7-10(8-24-16)25(21,22)19-15(20)13-14(23-9-18-13)11-5-3-4-6-12(11)17/h3-6,9-10H,7-8H2,1-2H3,(H,19,20). The number of hydrogen-bond donors (Lipinski definition) is 1. The fraction of sp³-hybridized carbons (Fsp3) is 0.375. The van der Waals surface area contributed by atoms with Crippen LogP contribution in [0.3, 0.4) is 0 Å². The van der Waals surface area contributed by atoms with Crippen LogP contribution >= 0.6 is 11.6 Å². The second kappa shape index (κ2) is 6.44. The molecule has 3 rings (SSSR count). The van der Waals surface area contributed by atoms with E-state index in [-0.39, 0.29) is 18.1 Å². The molecule has 1 amide bonds. The van der Waals surface area contributed by atoms with Crippen molar-refractivity contribution in [3.05, 3.63) is 41.4 Å². The predicted octanol–water partition coefficient (Wildman–Crippen LogP) is 2.62. The number of halogens is 1. The summed E-state index contributed by atoms with van der Waals surface area (Å²) in [5.74, 6) is -0.755. The van der Waals surface area contributed by atoms with Gasteiger partial charge in [0.2, 0.25) is 10.0 Å². The van der Waals surface area contributed by atoms with Gasteiger partial charge >= 0.3 is 0 Å². The maximum atomic E-state index is 12.4. The lowest BCUT2D eigenvalue weighted by Gasteiger charge is -2.15. The number of hydrogen-bond acceptors (Lipinski definition) is 6. The zero-order valence-corrected chi connectivity index (χ0v) is 15.2. The van der Waals surface area contributed by atoms with Crippen LogP contribution in [0, 0.1) is 0 Å². The van der Waals surface area contributed by atoms with Gasteiger partial charge in [0, 0.05) is 5.56 Å². The van der Waals surface area contributed by atoms with Crippen LogP contribution in [0.2, 0.25) is 5.02 Å². The number of sulfonamides is 1. The zero-order chi connectivity index (χ0) is 18.2. The minimum atomic E-state index is -3.90. The highest BCUT2D eigenvalue weighted by Gasteiger charge is 2.41. The third-order valence-electron chi connectivity index (χ3n) is 3.95. The molecular weight excluding hydrogens is 368 g/mol. The summed E-state index contributed by atoms with van der Waals surface area (Å²) in [6, 6.07) is 6.74. The summed E-state index contributed by atoms with van der Waals surface area (Å²) in [4.78, 5) is 16.3. The van der Waals surface area contributed by atoms with Crippen LogP contribution in [0.5, 0.6) is 0 Å². The van der Waals surface area contributed by atoms with Gasteiger partial charge in [0.05, 0.1) is 17.2 Å². The van der Waals surface area contributed by atoms with E-state index >= 15 is 0 Å². The average Bonchev–Trinajstić information content (AvgIpc) is 3.14. The summed E-state index contributed by atoms with van der Waals surface area (Å²) in [5.41, 5.74) is -0.233. The molecule has 134 valence electrons. The Bertz CT molecular complexity index is 907. The van der Waals surface area contributed by atoms with E-state index in [1.807, 2.05) is 0 Å². The number of aromatic nitrogens is 1. The molecule has 9 heteroatoms. The molecule has 2 aromatic rings. The van der Waals surface area contributed by atoms with Crippen molar-refractivity contribution in [2.75, 3.05) is 6.61 Å². The van der Waals surface area contributed by atoms with Gasteiger partial charge in [-0.25, -0.2) is 18.1 Å². The van der Waals surface area contributed by atoms with E-state index in [2.05, 4.69) is 9.71 Å². The monoisotopic (exact) mass is 384 g/mol. The van der Waals surface area contributed by atoms with Crippen molar-refractivity contribution < 1.29 is 22.4 Å². The van der Waals surface area contributed by atoms with E-state index in [0.29, 0.717) is 17.0 Å². The number of nitrogens with zero attached hydrogens (tertiary/aromatic N) is 1. The molecule has 1 aromatic heterocycles. The normalized spacial score (nSPS) is 19.7. The van der Waals surface area contributed by atoms with Gasteiger partial charge < -0.3 is 9.15 Å². The van der Waals surface area contributed by atoms with Crippen molar-refractivity contribution in [2.45, 2.75) is 31.1 Å². The first-order chi connectivity index (χ1) is 11.7. The van der Waals surface area contributed by atoms with Crippen molar-refractivity contribution >= 4 is 27.5 Å². The Kier molecular flexibility index (Phi) is 4.61. The Labute approximate surface area is 150 Å². The Morgan fingerprint density at radius 1 is 1.36 bits per heavy atom. The highest BCUT2D eigenvalue weighted by molar-refractivity contribution is 7.90. The molecule has 0 bridgehead atoms. The van der Waals surface area contributed by atoms with E-state index in [9.17, 15) is 13.2 Å². The van der Waals surface area contributed by atoms with Crippen molar-refractivity contribution in [3.63, 3.8) is 0 Å². The Balaban J connectivity index is 1.84. The lowest BCUT2D eigenvalue weighted by molar-refractivity contribution is 0.0368.